The Morgan fingerprint density at radius 3 is 2.30 bits per heavy atom. The van der Waals surface area contributed by atoms with Crippen molar-refractivity contribution in [3.8, 4) is 6.07 Å². The molecule has 0 saturated heterocycles. The molecule has 2 atom stereocenters. The molecular formula is C15H18N2O3. The zero-order valence-corrected chi connectivity index (χ0v) is 11.8. The molecule has 0 aromatic heterocycles. The number of carboxylic acid groups (broad SMARTS) is 1. The number of amides is 1. The number of benzene rings is 1. The Labute approximate surface area is 118 Å². The molecule has 0 aliphatic rings. The van der Waals surface area contributed by atoms with Gasteiger partial charge >= 0.3 is 5.97 Å². The number of nitriles is 1. The van der Waals surface area contributed by atoms with E-state index in [0.717, 1.165) is 11.1 Å². The highest BCUT2D eigenvalue weighted by Gasteiger charge is 2.26. The molecule has 1 amide bonds. The summed E-state index contributed by atoms with van der Waals surface area (Å²) in [6.45, 7) is 5.37. The first kappa shape index (κ1) is 15.7. The Hall–Kier alpha value is -2.35. The summed E-state index contributed by atoms with van der Waals surface area (Å²) in [5.41, 5.74) is 2.30. The Morgan fingerprint density at radius 1 is 1.30 bits per heavy atom. The lowest BCUT2D eigenvalue weighted by Gasteiger charge is -2.19. The minimum atomic E-state index is -1.13. The smallest absolute Gasteiger partial charge is 0.326 e. The number of nitrogens with one attached hydrogen (secondary N) is 1. The average Bonchev–Trinajstić information content (AvgIpc) is 2.34. The van der Waals surface area contributed by atoms with E-state index in [2.05, 4.69) is 5.32 Å². The van der Waals surface area contributed by atoms with Crippen LogP contribution in [0.3, 0.4) is 0 Å². The molecule has 1 aromatic carbocycles. The van der Waals surface area contributed by atoms with Crippen molar-refractivity contribution in [2.75, 3.05) is 0 Å². The first-order chi connectivity index (χ1) is 9.35. The maximum atomic E-state index is 12.1. The van der Waals surface area contributed by atoms with Crippen molar-refractivity contribution in [3.63, 3.8) is 0 Å². The van der Waals surface area contributed by atoms with E-state index in [9.17, 15) is 9.59 Å². The van der Waals surface area contributed by atoms with Crippen LogP contribution in [-0.4, -0.2) is 23.0 Å². The van der Waals surface area contributed by atoms with Crippen LogP contribution in [0.4, 0.5) is 0 Å². The summed E-state index contributed by atoms with van der Waals surface area (Å²) in [5, 5.41) is 20.3. The summed E-state index contributed by atoms with van der Waals surface area (Å²) in [7, 11) is 0. The molecule has 20 heavy (non-hydrogen) atoms. The Bertz CT molecular complexity index is 540. The molecule has 5 heteroatoms. The summed E-state index contributed by atoms with van der Waals surface area (Å²) in [6, 6.07) is 6.20. The standard InChI is InChI=1S/C15H18N2O3/c1-9-6-10(2)8-12(7-9)14(18)17-13(15(19)20)11(3)4-5-16/h6-8,11,13H,4H2,1-3H3,(H,17,18)(H,19,20)/t11-,13-/m1/s1. The minimum absolute atomic E-state index is 0.0735. The fourth-order valence-electron chi connectivity index (χ4n) is 2.04. The normalized spacial score (nSPS) is 13.1. The van der Waals surface area contributed by atoms with Crippen LogP contribution in [0.25, 0.3) is 0 Å². The van der Waals surface area contributed by atoms with Gasteiger partial charge in [0.2, 0.25) is 0 Å². The number of rotatable bonds is 5. The molecule has 5 nitrogen and oxygen atoms in total. The maximum absolute atomic E-state index is 12.1. The van der Waals surface area contributed by atoms with Crippen molar-refractivity contribution in [1.29, 1.82) is 5.26 Å². The van der Waals surface area contributed by atoms with E-state index in [1.165, 1.54) is 0 Å². The average molecular weight is 274 g/mol. The van der Waals surface area contributed by atoms with Crippen LogP contribution >= 0.6 is 0 Å². The van der Waals surface area contributed by atoms with Crippen LogP contribution < -0.4 is 5.32 Å². The molecular weight excluding hydrogens is 256 g/mol. The van der Waals surface area contributed by atoms with Gasteiger partial charge in [-0.25, -0.2) is 4.79 Å². The van der Waals surface area contributed by atoms with Crippen molar-refractivity contribution < 1.29 is 14.7 Å². The lowest BCUT2D eigenvalue weighted by Crippen LogP contribution is -2.45. The SMILES string of the molecule is Cc1cc(C)cc(C(=O)N[C@@H](C(=O)O)[C@H](C)CC#N)c1. The molecule has 1 rings (SSSR count). The predicted molar refractivity (Wildman–Crippen MR) is 74.2 cm³/mol. The van der Waals surface area contributed by atoms with Gasteiger partial charge in [-0.3, -0.25) is 4.79 Å². The molecule has 0 unspecified atom stereocenters. The monoisotopic (exact) mass is 274 g/mol. The summed E-state index contributed by atoms with van der Waals surface area (Å²) in [6.07, 6.45) is 0.0735. The van der Waals surface area contributed by atoms with E-state index in [0.29, 0.717) is 5.56 Å². The van der Waals surface area contributed by atoms with Gasteiger partial charge in [-0.15, -0.1) is 0 Å². The second kappa shape index (κ2) is 6.71. The number of aryl methyl sites for hydroxylation is 2. The molecule has 106 valence electrons. The zero-order valence-electron chi connectivity index (χ0n) is 11.8. The van der Waals surface area contributed by atoms with Gasteiger partial charge < -0.3 is 10.4 Å². The van der Waals surface area contributed by atoms with Gasteiger partial charge in [0, 0.05) is 17.9 Å². The van der Waals surface area contributed by atoms with Gasteiger partial charge in [-0.2, -0.15) is 5.26 Å². The maximum Gasteiger partial charge on any atom is 0.326 e. The first-order valence-corrected chi connectivity index (χ1v) is 6.34. The van der Waals surface area contributed by atoms with E-state index in [-0.39, 0.29) is 6.42 Å². The third-order valence-electron chi connectivity index (χ3n) is 3.02. The lowest BCUT2D eigenvalue weighted by molar-refractivity contribution is -0.140. The van der Waals surface area contributed by atoms with E-state index < -0.39 is 23.8 Å². The number of carboxylic acids is 1. The van der Waals surface area contributed by atoms with Crippen molar-refractivity contribution in [2.45, 2.75) is 33.2 Å². The van der Waals surface area contributed by atoms with E-state index in [1.807, 2.05) is 26.0 Å². The number of carbonyl (C=O) groups excluding carboxylic acids is 1. The number of nitrogens with zero attached hydrogens (tertiary/aromatic N) is 1. The highest BCUT2D eigenvalue weighted by Crippen LogP contribution is 2.12. The first-order valence-electron chi connectivity index (χ1n) is 6.34. The second-order valence-electron chi connectivity index (χ2n) is 5.01. The molecule has 0 radical (unpaired) electrons. The van der Waals surface area contributed by atoms with Crippen LogP contribution in [0.1, 0.15) is 34.8 Å². The molecule has 1 aromatic rings. The number of hydrogen-bond donors (Lipinski definition) is 2. The van der Waals surface area contributed by atoms with Gasteiger partial charge in [0.15, 0.2) is 0 Å². The van der Waals surface area contributed by atoms with Gasteiger partial charge in [-0.1, -0.05) is 24.1 Å². The minimum Gasteiger partial charge on any atom is -0.480 e. The Kier molecular flexibility index (Phi) is 5.27. The Morgan fingerprint density at radius 2 is 1.85 bits per heavy atom. The van der Waals surface area contributed by atoms with Gasteiger partial charge in [0.05, 0.1) is 6.07 Å². The van der Waals surface area contributed by atoms with E-state index in [4.69, 9.17) is 10.4 Å². The molecule has 0 bridgehead atoms. The third kappa shape index (κ3) is 4.09. The molecule has 0 aliphatic heterocycles. The third-order valence-corrected chi connectivity index (χ3v) is 3.02. The van der Waals surface area contributed by atoms with Gasteiger partial charge in [0.25, 0.3) is 5.91 Å². The number of hydrogen-bond acceptors (Lipinski definition) is 3. The van der Waals surface area contributed by atoms with E-state index in [1.54, 1.807) is 19.1 Å². The largest absolute Gasteiger partial charge is 0.480 e. The molecule has 0 spiro atoms. The summed E-state index contributed by atoms with van der Waals surface area (Å²) in [5.74, 6) is -2.02. The molecule has 0 saturated carbocycles. The summed E-state index contributed by atoms with van der Waals surface area (Å²) in [4.78, 5) is 23.3. The van der Waals surface area contributed by atoms with Crippen LogP contribution in [0, 0.1) is 31.1 Å². The zero-order chi connectivity index (χ0) is 15.3. The fourth-order valence-corrected chi connectivity index (χ4v) is 2.04. The quantitative estimate of drug-likeness (QED) is 0.859. The lowest BCUT2D eigenvalue weighted by atomic mass is 9.98. The highest BCUT2D eigenvalue weighted by molar-refractivity contribution is 5.97. The summed E-state index contributed by atoms with van der Waals surface area (Å²) < 4.78 is 0. The second-order valence-corrected chi connectivity index (χ2v) is 5.01. The Balaban J connectivity index is 2.91. The topological polar surface area (TPSA) is 90.2 Å². The number of aliphatic carboxylic acids is 1. The molecule has 0 aliphatic carbocycles. The van der Waals surface area contributed by atoms with Crippen molar-refractivity contribution in [1.82, 2.24) is 5.32 Å². The highest BCUT2D eigenvalue weighted by atomic mass is 16.4. The van der Waals surface area contributed by atoms with Crippen LogP contribution in [0.15, 0.2) is 18.2 Å². The van der Waals surface area contributed by atoms with Crippen molar-refractivity contribution in [3.05, 3.63) is 34.9 Å². The van der Waals surface area contributed by atoms with Gasteiger partial charge in [-0.05, 0) is 26.0 Å². The van der Waals surface area contributed by atoms with Crippen LogP contribution in [0.2, 0.25) is 0 Å². The molecule has 2 N–H and O–H groups in total. The number of carbonyl (C=O) groups is 2. The van der Waals surface area contributed by atoms with Crippen molar-refractivity contribution in [2.24, 2.45) is 5.92 Å². The van der Waals surface area contributed by atoms with Crippen molar-refractivity contribution >= 4 is 11.9 Å². The molecule has 0 heterocycles. The van der Waals surface area contributed by atoms with Crippen LogP contribution in [-0.2, 0) is 4.79 Å². The predicted octanol–water partition coefficient (Wildman–Crippen LogP) is 2.04. The van der Waals surface area contributed by atoms with E-state index >= 15 is 0 Å². The molecule has 0 fully saturated rings. The van der Waals surface area contributed by atoms with Crippen LogP contribution in [0.5, 0.6) is 0 Å². The fraction of sp³-hybridized carbons (Fsp3) is 0.400. The summed E-state index contributed by atoms with van der Waals surface area (Å²) >= 11 is 0. The van der Waals surface area contributed by atoms with Gasteiger partial charge in [0.1, 0.15) is 6.04 Å².